The molecule has 3 rings (SSSR count). The van der Waals surface area contributed by atoms with Crippen LogP contribution in [-0.4, -0.2) is 7.05 Å². The second-order valence-electron chi connectivity index (χ2n) is 5.01. The van der Waals surface area contributed by atoms with Crippen molar-refractivity contribution in [3.8, 4) is 0 Å². The van der Waals surface area contributed by atoms with Crippen molar-refractivity contribution in [2.45, 2.75) is 31.7 Å². The van der Waals surface area contributed by atoms with Gasteiger partial charge in [-0.25, -0.2) is 0 Å². The summed E-state index contributed by atoms with van der Waals surface area (Å²) in [4.78, 5) is 0. The molecule has 0 amide bonds. The number of fused-ring (bicyclic) bond motifs is 1. The Morgan fingerprint density at radius 1 is 1.06 bits per heavy atom. The SMILES string of the molecule is CNC(c1ccoc1)c1ccc2c(c1)CCCC2. The molecule has 1 aliphatic rings. The predicted octanol–water partition coefficient (Wildman–Crippen LogP) is 3.47. The van der Waals surface area contributed by atoms with Crippen LogP contribution >= 0.6 is 0 Å². The largest absolute Gasteiger partial charge is 0.472 e. The van der Waals surface area contributed by atoms with Crippen LogP contribution in [0.1, 0.15) is 41.1 Å². The van der Waals surface area contributed by atoms with E-state index >= 15 is 0 Å². The molecule has 1 N–H and O–H groups in total. The minimum atomic E-state index is 0.232. The molecule has 0 aliphatic heterocycles. The van der Waals surface area contributed by atoms with E-state index in [2.05, 4.69) is 23.5 Å². The molecule has 1 atom stereocenters. The Bertz CT molecular complexity index is 516. The molecule has 2 nitrogen and oxygen atoms in total. The molecule has 94 valence electrons. The Balaban J connectivity index is 1.95. The predicted molar refractivity (Wildman–Crippen MR) is 72.7 cm³/mol. The van der Waals surface area contributed by atoms with Crippen LogP contribution in [0.15, 0.2) is 41.2 Å². The van der Waals surface area contributed by atoms with E-state index in [1.165, 1.54) is 47.9 Å². The maximum absolute atomic E-state index is 5.19. The number of nitrogens with one attached hydrogen (secondary N) is 1. The van der Waals surface area contributed by atoms with Gasteiger partial charge in [-0.3, -0.25) is 0 Å². The number of benzene rings is 1. The fourth-order valence-electron chi connectivity index (χ4n) is 2.90. The van der Waals surface area contributed by atoms with Crippen LogP contribution in [0.4, 0.5) is 0 Å². The molecule has 0 fully saturated rings. The minimum Gasteiger partial charge on any atom is -0.472 e. The first-order chi connectivity index (χ1) is 8.88. The number of rotatable bonds is 3. The standard InChI is InChI=1S/C16H19NO/c1-17-16(15-8-9-18-11-15)14-7-6-12-4-2-3-5-13(12)10-14/h6-11,16-17H,2-5H2,1H3. The minimum absolute atomic E-state index is 0.232. The summed E-state index contributed by atoms with van der Waals surface area (Å²) in [6.45, 7) is 0. The van der Waals surface area contributed by atoms with Crippen LogP contribution in [0.5, 0.6) is 0 Å². The van der Waals surface area contributed by atoms with E-state index in [1.54, 1.807) is 6.26 Å². The van der Waals surface area contributed by atoms with Crippen molar-refractivity contribution in [1.29, 1.82) is 0 Å². The Labute approximate surface area is 108 Å². The van der Waals surface area contributed by atoms with Gasteiger partial charge < -0.3 is 9.73 Å². The molecule has 0 saturated heterocycles. The zero-order chi connectivity index (χ0) is 12.4. The third-order valence-corrected chi connectivity index (χ3v) is 3.87. The van der Waals surface area contributed by atoms with E-state index in [1.807, 2.05) is 19.4 Å². The van der Waals surface area contributed by atoms with Gasteiger partial charge in [0.2, 0.25) is 0 Å². The van der Waals surface area contributed by atoms with Gasteiger partial charge in [-0.15, -0.1) is 0 Å². The first-order valence-electron chi connectivity index (χ1n) is 6.69. The zero-order valence-corrected chi connectivity index (χ0v) is 10.8. The molecule has 1 aliphatic carbocycles. The monoisotopic (exact) mass is 241 g/mol. The average Bonchev–Trinajstić information content (AvgIpc) is 2.93. The second kappa shape index (κ2) is 4.99. The lowest BCUT2D eigenvalue weighted by atomic mass is 9.88. The van der Waals surface area contributed by atoms with Crippen LogP contribution in [0, 0.1) is 0 Å². The lowest BCUT2D eigenvalue weighted by Crippen LogP contribution is -2.17. The average molecular weight is 241 g/mol. The summed E-state index contributed by atoms with van der Waals surface area (Å²) in [5.41, 5.74) is 5.59. The van der Waals surface area contributed by atoms with E-state index in [0.29, 0.717) is 0 Å². The van der Waals surface area contributed by atoms with E-state index < -0.39 is 0 Å². The van der Waals surface area contributed by atoms with Gasteiger partial charge in [0.15, 0.2) is 0 Å². The van der Waals surface area contributed by atoms with Gasteiger partial charge in [0.25, 0.3) is 0 Å². The van der Waals surface area contributed by atoms with Crippen molar-refractivity contribution in [3.05, 3.63) is 59.0 Å². The Morgan fingerprint density at radius 2 is 1.89 bits per heavy atom. The van der Waals surface area contributed by atoms with Crippen molar-refractivity contribution in [1.82, 2.24) is 5.32 Å². The third kappa shape index (κ3) is 2.08. The van der Waals surface area contributed by atoms with Crippen LogP contribution in [-0.2, 0) is 12.8 Å². The van der Waals surface area contributed by atoms with Gasteiger partial charge in [0.1, 0.15) is 0 Å². The Morgan fingerprint density at radius 3 is 2.61 bits per heavy atom. The maximum atomic E-state index is 5.19. The number of hydrogen-bond donors (Lipinski definition) is 1. The fourth-order valence-corrected chi connectivity index (χ4v) is 2.90. The third-order valence-electron chi connectivity index (χ3n) is 3.87. The molecule has 1 heterocycles. The molecule has 2 heteroatoms. The van der Waals surface area contributed by atoms with E-state index in [-0.39, 0.29) is 6.04 Å². The van der Waals surface area contributed by atoms with Crippen molar-refractivity contribution in [2.24, 2.45) is 0 Å². The molecule has 2 aromatic rings. The van der Waals surface area contributed by atoms with Crippen molar-refractivity contribution in [3.63, 3.8) is 0 Å². The summed E-state index contributed by atoms with van der Waals surface area (Å²) < 4.78 is 5.19. The smallest absolute Gasteiger partial charge is 0.0953 e. The van der Waals surface area contributed by atoms with Gasteiger partial charge >= 0.3 is 0 Å². The quantitative estimate of drug-likeness (QED) is 0.890. The van der Waals surface area contributed by atoms with Gasteiger partial charge in [0, 0.05) is 5.56 Å². The molecular weight excluding hydrogens is 222 g/mol. The molecule has 0 spiro atoms. The summed E-state index contributed by atoms with van der Waals surface area (Å²) in [6, 6.07) is 9.17. The van der Waals surface area contributed by atoms with Gasteiger partial charge in [-0.1, -0.05) is 18.2 Å². The van der Waals surface area contributed by atoms with Crippen LogP contribution < -0.4 is 5.32 Å². The Hall–Kier alpha value is -1.54. The topological polar surface area (TPSA) is 25.2 Å². The summed E-state index contributed by atoms with van der Waals surface area (Å²) in [7, 11) is 2.00. The highest BCUT2D eigenvalue weighted by molar-refractivity contribution is 5.38. The molecule has 1 unspecified atom stereocenters. The van der Waals surface area contributed by atoms with E-state index in [4.69, 9.17) is 4.42 Å². The first-order valence-corrected chi connectivity index (χ1v) is 6.69. The normalized spacial score (nSPS) is 16.3. The van der Waals surface area contributed by atoms with Crippen molar-refractivity contribution >= 4 is 0 Å². The van der Waals surface area contributed by atoms with E-state index in [0.717, 1.165) is 0 Å². The molecule has 0 saturated carbocycles. The van der Waals surface area contributed by atoms with Crippen LogP contribution in [0.25, 0.3) is 0 Å². The highest BCUT2D eigenvalue weighted by atomic mass is 16.3. The number of furan rings is 1. The maximum Gasteiger partial charge on any atom is 0.0953 e. The van der Waals surface area contributed by atoms with E-state index in [9.17, 15) is 0 Å². The Kier molecular flexibility index (Phi) is 3.20. The van der Waals surface area contributed by atoms with Crippen molar-refractivity contribution < 1.29 is 4.42 Å². The summed E-state index contributed by atoms with van der Waals surface area (Å²) in [5, 5.41) is 3.37. The van der Waals surface area contributed by atoms with Crippen LogP contribution in [0.3, 0.4) is 0 Å². The lowest BCUT2D eigenvalue weighted by Gasteiger charge is -2.20. The molecule has 0 radical (unpaired) electrons. The van der Waals surface area contributed by atoms with Gasteiger partial charge in [0.05, 0.1) is 18.6 Å². The van der Waals surface area contributed by atoms with Crippen LogP contribution in [0.2, 0.25) is 0 Å². The number of hydrogen-bond acceptors (Lipinski definition) is 2. The summed E-state index contributed by atoms with van der Waals surface area (Å²) in [6.07, 6.45) is 8.69. The summed E-state index contributed by atoms with van der Waals surface area (Å²) in [5.74, 6) is 0. The molecule has 18 heavy (non-hydrogen) atoms. The highest BCUT2D eigenvalue weighted by Gasteiger charge is 2.16. The van der Waals surface area contributed by atoms with Gasteiger partial charge in [-0.2, -0.15) is 0 Å². The summed E-state index contributed by atoms with van der Waals surface area (Å²) >= 11 is 0. The van der Waals surface area contributed by atoms with Crippen molar-refractivity contribution in [2.75, 3.05) is 7.05 Å². The second-order valence-corrected chi connectivity index (χ2v) is 5.01. The highest BCUT2D eigenvalue weighted by Crippen LogP contribution is 2.27. The molecular formula is C16H19NO. The first kappa shape index (κ1) is 11.5. The molecule has 0 bridgehead atoms. The van der Waals surface area contributed by atoms with Gasteiger partial charge in [-0.05, 0) is 55.5 Å². The molecule has 1 aromatic heterocycles. The lowest BCUT2D eigenvalue weighted by molar-refractivity contribution is 0.557. The zero-order valence-electron chi connectivity index (χ0n) is 10.8. The number of aryl methyl sites for hydroxylation is 2. The fraction of sp³-hybridized carbons (Fsp3) is 0.375. The molecule has 1 aromatic carbocycles.